The zero-order chi connectivity index (χ0) is 51.2. The SMILES string of the molecule is Cc1ncsc1-c1ccc(C(C)NC(=O)C2CC(O)CN2C(=O)C(c2cc(N3CCN(CC4CC(Oc5cc(N6C7CCC6CN(c6cc(-c8ccccc8O)nnc6N)C7)ccn5)C4)CC3)no2)C(C)C)cc1. The van der Waals surface area contributed by atoms with Crippen molar-refractivity contribution < 1.29 is 29.1 Å². The minimum atomic E-state index is -0.809. The number of aryl methyl sites for hydroxylation is 1. The van der Waals surface area contributed by atoms with Crippen molar-refractivity contribution in [3.05, 3.63) is 102 Å². The van der Waals surface area contributed by atoms with Crippen LogP contribution in [0.15, 0.2) is 89.0 Å². The lowest BCUT2D eigenvalue weighted by molar-refractivity contribution is -0.141. The van der Waals surface area contributed by atoms with Gasteiger partial charge in [-0.25, -0.2) is 9.97 Å². The molecule has 5 fully saturated rings. The first-order valence-corrected chi connectivity index (χ1v) is 27.0. The monoisotopic (exact) mass is 1020 g/mol. The number of aromatic nitrogens is 5. The third-order valence-electron chi connectivity index (χ3n) is 15.9. The molecule has 19 heteroatoms. The van der Waals surface area contributed by atoms with Crippen LogP contribution in [0.3, 0.4) is 0 Å². The fourth-order valence-corrected chi connectivity index (χ4v) is 12.7. The first-order valence-electron chi connectivity index (χ1n) is 26.1. The predicted molar refractivity (Wildman–Crippen MR) is 284 cm³/mol. The van der Waals surface area contributed by atoms with Crippen LogP contribution in [0, 0.1) is 18.8 Å². The van der Waals surface area contributed by atoms with Crippen molar-refractivity contribution in [3.8, 4) is 33.3 Å². The summed E-state index contributed by atoms with van der Waals surface area (Å²) in [6, 6.07) is 22.7. The number of likely N-dealkylation sites (tertiary alicyclic amines) is 1. The highest BCUT2D eigenvalue weighted by Crippen LogP contribution is 2.41. The number of hydrogen-bond acceptors (Lipinski definition) is 17. The van der Waals surface area contributed by atoms with E-state index in [4.69, 9.17) is 15.0 Å². The van der Waals surface area contributed by atoms with E-state index in [-0.39, 0.29) is 48.6 Å². The molecule has 2 amide bonds. The molecule has 6 unspecified atom stereocenters. The molecule has 5 N–H and O–H groups in total. The third kappa shape index (κ3) is 10.1. The van der Waals surface area contributed by atoms with E-state index in [0.29, 0.717) is 52.5 Å². The van der Waals surface area contributed by atoms with E-state index < -0.39 is 18.1 Å². The van der Waals surface area contributed by atoms with Gasteiger partial charge in [-0.05, 0) is 86.8 Å². The second-order valence-corrected chi connectivity index (χ2v) is 22.1. The number of carbonyl (C=O) groups excluding carboxylic acids is 2. The lowest BCUT2D eigenvalue weighted by Crippen LogP contribution is -2.54. The zero-order valence-corrected chi connectivity index (χ0v) is 43.3. The number of carbonyl (C=O) groups is 2. The van der Waals surface area contributed by atoms with Crippen LogP contribution in [-0.2, 0) is 9.59 Å². The van der Waals surface area contributed by atoms with Crippen LogP contribution in [0.1, 0.15) is 81.9 Å². The molecule has 4 saturated heterocycles. The third-order valence-corrected chi connectivity index (χ3v) is 16.9. The maximum Gasteiger partial charge on any atom is 0.243 e. The Morgan fingerprint density at radius 2 is 1.66 bits per heavy atom. The molecule has 4 aromatic heterocycles. The average molecular weight is 1020 g/mol. The Morgan fingerprint density at radius 3 is 2.38 bits per heavy atom. The number of nitrogen functional groups attached to an aromatic ring is 1. The molecule has 6 atom stereocenters. The fraction of sp³-hybridized carbons (Fsp3) is 0.473. The van der Waals surface area contributed by atoms with Crippen LogP contribution in [0.5, 0.6) is 11.6 Å². The lowest BCUT2D eigenvalue weighted by atomic mass is 9.82. The maximum atomic E-state index is 14.4. The smallest absolute Gasteiger partial charge is 0.243 e. The zero-order valence-electron chi connectivity index (χ0n) is 42.5. The van der Waals surface area contributed by atoms with E-state index >= 15 is 0 Å². The summed E-state index contributed by atoms with van der Waals surface area (Å²) in [5.41, 5.74) is 14.4. The number of thiazole rings is 1. The highest BCUT2D eigenvalue weighted by Gasteiger charge is 2.45. The molecule has 74 heavy (non-hydrogen) atoms. The van der Waals surface area contributed by atoms with Crippen LogP contribution in [0.2, 0.25) is 0 Å². The van der Waals surface area contributed by atoms with Crippen molar-refractivity contribution in [3.63, 3.8) is 0 Å². The number of rotatable bonds is 15. The van der Waals surface area contributed by atoms with E-state index in [0.717, 1.165) is 105 Å². The summed E-state index contributed by atoms with van der Waals surface area (Å²) >= 11 is 1.60. The van der Waals surface area contributed by atoms with E-state index in [1.807, 2.05) is 87.9 Å². The minimum absolute atomic E-state index is 0.0764. The number of phenolic OH excluding ortho intramolecular Hbond substituents is 1. The van der Waals surface area contributed by atoms with Gasteiger partial charge < -0.3 is 50.1 Å². The largest absolute Gasteiger partial charge is 0.507 e. The minimum Gasteiger partial charge on any atom is -0.507 e. The number of β-amino-alcohol motifs (C(OH)–C–C–N with tert-alkyl or cyclic N) is 1. The number of fused-ring (bicyclic) bond motifs is 2. The second-order valence-electron chi connectivity index (χ2n) is 21.3. The Hall–Kier alpha value is -6.83. The second kappa shape index (κ2) is 20.8. The summed E-state index contributed by atoms with van der Waals surface area (Å²) in [5, 5.41) is 37.4. The molecule has 1 aliphatic carbocycles. The quantitative estimate of drug-likeness (QED) is 0.0846. The number of pyridine rings is 1. The Balaban J connectivity index is 0.642. The number of nitrogens with two attached hydrogens (primary N) is 1. The molecule has 2 bridgehead atoms. The van der Waals surface area contributed by atoms with Crippen molar-refractivity contribution in [2.75, 3.05) is 72.8 Å². The first kappa shape index (κ1) is 49.4. The number of ether oxygens (including phenoxy) is 1. The Morgan fingerprint density at radius 1 is 0.905 bits per heavy atom. The van der Waals surface area contributed by atoms with E-state index in [9.17, 15) is 19.8 Å². The molecule has 8 heterocycles. The molecule has 18 nitrogen and oxygen atoms in total. The van der Waals surface area contributed by atoms with Crippen molar-refractivity contribution in [2.24, 2.45) is 11.8 Å². The molecule has 0 radical (unpaired) electrons. The van der Waals surface area contributed by atoms with E-state index in [1.165, 1.54) is 4.90 Å². The number of amides is 2. The molecular formula is C55H66N12O6S. The van der Waals surface area contributed by atoms with E-state index in [1.54, 1.807) is 23.5 Å². The van der Waals surface area contributed by atoms with Crippen molar-refractivity contribution in [1.29, 1.82) is 0 Å². The number of nitrogens with zero attached hydrogens (tertiary/aromatic N) is 10. The Labute approximate surface area is 435 Å². The molecule has 388 valence electrons. The molecule has 1 saturated carbocycles. The number of anilines is 4. The van der Waals surface area contributed by atoms with E-state index in [2.05, 4.69) is 62.4 Å². The summed E-state index contributed by atoms with van der Waals surface area (Å²) in [7, 11) is 0. The van der Waals surface area contributed by atoms with Crippen molar-refractivity contribution in [2.45, 2.75) is 102 Å². The number of phenols is 1. The van der Waals surface area contributed by atoms with Crippen LogP contribution >= 0.6 is 11.3 Å². The number of aromatic hydroxyl groups is 1. The van der Waals surface area contributed by atoms with Crippen LogP contribution < -0.4 is 30.5 Å². The highest BCUT2D eigenvalue weighted by atomic mass is 32.1. The number of nitrogens with one attached hydrogen (secondary N) is 1. The van der Waals surface area contributed by atoms with Crippen LogP contribution in [0.4, 0.5) is 23.0 Å². The summed E-state index contributed by atoms with van der Waals surface area (Å²) in [6.07, 6.45) is 5.45. The topological polar surface area (TPSA) is 216 Å². The van der Waals surface area contributed by atoms with Crippen LogP contribution in [0.25, 0.3) is 21.7 Å². The molecule has 6 aromatic rings. The summed E-state index contributed by atoms with van der Waals surface area (Å²) in [5.74, 6) is 1.58. The predicted octanol–water partition coefficient (Wildman–Crippen LogP) is 6.66. The van der Waals surface area contributed by atoms with Gasteiger partial charge in [0.05, 0.1) is 39.6 Å². The molecule has 4 aliphatic heterocycles. The average Bonchev–Trinajstić information content (AvgIpc) is 4.20. The van der Waals surface area contributed by atoms with Gasteiger partial charge in [0.2, 0.25) is 17.7 Å². The van der Waals surface area contributed by atoms with Gasteiger partial charge in [-0.3, -0.25) is 14.5 Å². The lowest BCUT2D eigenvalue weighted by Gasteiger charge is -2.43. The number of benzene rings is 2. The molecule has 0 spiro atoms. The number of piperazine rings is 2. The van der Waals surface area contributed by atoms with Crippen LogP contribution in [-0.4, -0.2) is 140 Å². The number of para-hydroxylation sites is 1. The van der Waals surface area contributed by atoms with Gasteiger partial charge in [-0.15, -0.1) is 21.5 Å². The molecule has 2 aromatic carbocycles. The number of hydrogen-bond donors (Lipinski definition) is 4. The van der Waals surface area contributed by atoms with Gasteiger partial charge in [0, 0.05) is 100 Å². The van der Waals surface area contributed by atoms with Crippen molar-refractivity contribution >= 4 is 46.2 Å². The number of aliphatic hydroxyl groups excluding tert-OH is 1. The standard InChI is InChI=1S/C55H66N12O6S/c1-32(2)51(55(71)66-30-41(68)24-46(66)54(70)59-33(3)36-9-11-37(12-10-36)52-34(4)58-31-74-52)48-26-49(62-73-48)64-19-17-63(18-20-64)27-35-21-42(22-35)72-50-23-38(15-16-57-50)67-39-13-14-40(67)29-65(28-39)45-25-44(60-61-53(45)56)43-7-5-6-8-47(43)69/h5-12,15-16,23,25-26,31-33,35,39-42,46,51,68-69H,13-14,17-22,24,27-30H2,1-4H3,(H2,56,61)(H,59,70). The van der Waals surface area contributed by atoms with Gasteiger partial charge in [-0.2, -0.15) is 0 Å². The van der Waals surface area contributed by atoms with Gasteiger partial charge in [0.1, 0.15) is 23.8 Å². The van der Waals surface area contributed by atoms with Gasteiger partial charge in [-0.1, -0.05) is 55.4 Å². The van der Waals surface area contributed by atoms with Crippen molar-refractivity contribution in [1.82, 2.24) is 40.4 Å². The molecule has 5 aliphatic rings. The fourth-order valence-electron chi connectivity index (χ4n) is 11.9. The summed E-state index contributed by atoms with van der Waals surface area (Å²) < 4.78 is 12.4. The van der Waals surface area contributed by atoms with Gasteiger partial charge >= 0.3 is 0 Å². The van der Waals surface area contributed by atoms with Gasteiger partial charge in [0.25, 0.3) is 0 Å². The van der Waals surface area contributed by atoms with Gasteiger partial charge in [0.15, 0.2) is 17.4 Å². The molecular weight excluding hydrogens is 957 g/mol. The summed E-state index contributed by atoms with van der Waals surface area (Å²) in [6.45, 7) is 13.9. The Bertz CT molecular complexity index is 2940. The highest BCUT2D eigenvalue weighted by molar-refractivity contribution is 7.13. The maximum absolute atomic E-state index is 14.4. The Kier molecular flexibility index (Phi) is 13.9. The number of aliphatic hydroxyl groups is 1. The normalized spacial score (nSPS) is 23.8. The first-order chi connectivity index (χ1) is 35.8. The summed E-state index contributed by atoms with van der Waals surface area (Å²) in [4.78, 5) is 49.4. The molecule has 11 rings (SSSR count).